The molecule has 2 rings (SSSR count). The third kappa shape index (κ3) is 5.22. The summed E-state index contributed by atoms with van der Waals surface area (Å²) in [6.45, 7) is 3.74. The molecular weight excluding hydrogens is 340 g/mol. The summed E-state index contributed by atoms with van der Waals surface area (Å²) in [4.78, 5) is 24.1. The molecule has 2 aromatic rings. The molecule has 6 heteroatoms. The van der Waals surface area contributed by atoms with Crippen molar-refractivity contribution in [2.24, 2.45) is 0 Å². The third-order valence-corrected chi connectivity index (χ3v) is 4.00. The summed E-state index contributed by atoms with van der Waals surface area (Å²) in [6.07, 6.45) is 0. The van der Waals surface area contributed by atoms with Gasteiger partial charge < -0.3 is 15.4 Å². The van der Waals surface area contributed by atoms with E-state index in [0.29, 0.717) is 16.3 Å². The highest BCUT2D eigenvalue weighted by Gasteiger charge is 2.15. The second-order valence-electron chi connectivity index (χ2n) is 5.72. The van der Waals surface area contributed by atoms with Crippen molar-refractivity contribution in [1.29, 1.82) is 0 Å². The van der Waals surface area contributed by atoms with Crippen LogP contribution in [0.4, 0.5) is 0 Å². The van der Waals surface area contributed by atoms with Crippen LogP contribution in [-0.4, -0.2) is 25.5 Å². The number of carbonyl (C=O) groups excluding carboxylic acids is 2. The Morgan fingerprint density at radius 3 is 2.48 bits per heavy atom. The van der Waals surface area contributed by atoms with Crippen molar-refractivity contribution in [3.05, 3.63) is 64.2 Å². The molecular formula is C19H21ClN2O3. The lowest BCUT2D eigenvalue weighted by Gasteiger charge is -2.18. The normalized spacial score (nSPS) is 11.5. The molecule has 132 valence electrons. The summed E-state index contributed by atoms with van der Waals surface area (Å²) in [5, 5.41) is 6.00. The Morgan fingerprint density at radius 1 is 1.16 bits per heavy atom. The average molecular weight is 361 g/mol. The van der Waals surface area contributed by atoms with Crippen molar-refractivity contribution < 1.29 is 14.3 Å². The molecule has 1 unspecified atom stereocenters. The third-order valence-electron chi connectivity index (χ3n) is 3.75. The van der Waals surface area contributed by atoms with Crippen molar-refractivity contribution >= 4 is 23.4 Å². The zero-order valence-corrected chi connectivity index (χ0v) is 15.2. The van der Waals surface area contributed by atoms with E-state index in [9.17, 15) is 9.59 Å². The van der Waals surface area contributed by atoms with Crippen LogP contribution >= 0.6 is 11.6 Å². The van der Waals surface area contributed by atoms with E-state index < -0.39 is 0 Å². The lowest BCUT2D eigenvalue weighted by molar-refractivity contribution is -0.120. The molecule has 0 saturated heterocycles. The summed E-state index contributed by atoms with van der Waals surface area (Å²) < 4.78 is 5.34. The fourth-order valence-electron chi connectivity index (χ4n) is 2.43. The van der Waals surface area contributed by atoms with Crippen molar-refractivity contribution in [3.8, 4) is 5.75 Å². The Morgan fingerprint density at radius 2 is 1.84 bits per heavy atom. The maximum Gasteiger partial charge on any atom is 0.251 e. The first kappa shape index (κ1) is 18.8. The van der Waals surface area contributed by atoms with Crippen LogP contribution < -0.4 is 15.4 Å². The molecule has 0 aromatic heterocycles. The standard InChI is InChI=1S/C19H21ClN2O3/c1-12-4-9-17(25-3)16(10-12)13(2)22-18(23)11-21-19(24)14-5-7-15(20)8-6-14/h4-10,13H,11H2,1-3H3,(H,21,24)(H,22,23). The second-order valence-corrected chi connectivity index (χ2v) is 6.16. The fourth-order valence-corrected chi connectivity index (χ4v) is 2.55. The summed E-state index contributed by atoms with van der Waals surface area (Å²) in [5.41, 5.74) is 2.42. The van der Waals surface area contributed by atoms with Gasteiger partial charge in [0.2, 0.25) is 5.91 Å². The van der Waals surface area contributed by atoms with Gasteiger partial charge in [0.25, 0.3) is 5.91 Å². The van der Waals surface area contributed by atoms with Gasteiger partial charge in [0.15, 0.2) is 0 Å². The van der Waals surface area contributed by atoms with Gasteiger partial charge in [-0.2, -0.15) is 0 Å². The zero-order valence-electron chi connectivity index (χ0n) is 14.4. The highest BCUT2D eigenvalue weighted by Crippen LogP contribution is 2.25. The van der Waals surface area contributed by atoms with Gasteiger partial charge in [-0.05, 0) is 44.2 Å². The van der Waals surface area contributed by atoms with E-state index in [4.69, 9.17) is 16.3 Å². The summed E-state index contributed by atoms with van der Waals surface area (Å²) in [7, 11) is 1.59. The molecule has 0 bridgehead atoms. The van der Waals surface area contributed by atoms with Crippen molar-refractivity contribution in [2.45, 2.75) is 19.9 Å². The minimum absolute atomic E-state index is 0.111. The number of hydrogen-bond acceptors (Lipinski definition) is 3. The van der Waals surface area contributed by atoms with Crippen LogP contribution in [0, 0.1) is 6.92 Å². The van der Waals surface area contributed by atoms with E-state index in [2.05, 4.69) is 10.6 Å². The topological polar surface area (TPSA) is 67.4 Å². The molecule has 5 nitrogen and oxygen atoms in total. The van der Waals surface area contributed by atoms with Gasteiger partial charge in [-0.1, -0.05) is 29.3 Å². The molecule has 0 aliphatic heterocycles. The van der Waals surface area contributed by atoms with Crippen molar-refractivity contribution in [3.63, 3.8) is 0 Å². The summed E-state index contributed by atoms with van der Waals surface area (Å²) in [6, 6.07) is 12.0. The van der Waals surface area contributed by atoms with E-state index in [0.717, 1.165) is 11.1 Å². The van der Waals surface area contributed by atoms with Crippen LogP contribution in [0.2, 0.25) is 5.02 Å². The Balaban J connectivity index is 1.92. The molecule has 1 atom stereocenters. The zero-order chi connectivity index (χ0) is 18.4. The molecule has 0 radical (unpaired) electrons. The maximum atomic E-state index is 12.1. The number of ether oxygens (including phenoxy) is 1. The SMILES string of the molecule is COc1ccc(C)cc1C(C)NC(=O)CNC(=O)c1ccc(Cl)cc1. The number of methoxy groups -OCH3 is 1. The van der Waals surface area contributed by atoms with Gasteiger partial charge in [-0.3, -0.25) is 9.59 Å². The van der Waals surface area contributed by atoms with Crippen LogP contribution in [0.25, 0.3) is 0 Å². The van der Waals surface area contributed by atoms with Crippen molar-refractivity contribution in [2.75, 3.05) is 13.7 Å². The molecule has 25 heavy (non-hydrogen) atoms. The largest absolute Gasteiger partial charge is 0.496 e. The molecule has 2 N–H and O–H groups in total. The van der Waals surface area contributed by atoms with Gasteiger partial charge in [-0.15, -0.1) is 0 Å². The number of amides is 2. The lowest BCUT2D eigenvalue weighted by Crippen LogP contribution is -2.38. The van der Waals surface area contributed by atoms with Crippen LogP contribution in [0.15, 0.2) is 42.5 Å². The Hall–Kier alpha value is -2.53. The summed E-state index contributed by atoms with van der Waals surface area (Å²) in [5.74, 6) is 0.106. The molecule has 0 fully saturated rings. The van der Waals surface area contributed by atoms with Gasteiger partial charge in [0, 0.05) is 16.1 Å². The Bertz CT molecular complexity index is 760. The molecule has 0 saturated carbocycles. The highest BCUT2D eigenvalue weighted by molar-refractivity contribution is 6.30. The average Bonchev–Trinajstić information content (AvgIpc) is 2.60. The van der Waals surface area contributed by atoms with Gasteiger partial charge in [0.1, 0.15) is 5.75 Å². The van der Waals surface area contributed by atoms with E-state index in [1.54, 1.807) is 31.4 Å². The number of aryl methyl sites for hydroxylation is 1. The number of halogens is 1. The first-order valence-electron chi connectivity index (χ1n) is 7.88. The minimum Gasteiger partial charge on any atom is -0.496 e. The second kappa shape index (κ2) is 8.53. The maximum absolute atomic E-state index is 12.1. The smallest absolute Gasteiger partial charge is 0.251 e. The number of benzene rings is 2. The lowest BCUT2D eigenvalue weighted by atomic mass is 10.0. The van der Waals surface area contributed by atoms with E-state index in [1.807, 2.05) is 32.0 Å². The number of hydrogen-bond donors (Lipinski definition) is 2. The quantitative estimate of drug-likeness (QED) is 0.830. The number of rotatable bonds is 6. The van der Waals surface area contributed by atoms with Gasteiger partial charge >= 0.3 is 0 Å². The molecule has 0 spiro atoms. The first-order valence-corrected chi connectivity index (χ1v) is 8.26. The Labute approximate surface area is 152 Å². The first-order chi connectivity index (χ1) is 11.9. The van der Waals surface area contributed by atoms with Crippen LogP contribution in [-0.2, 0) is 4.79 Å². The molecule has 2 aromatic carbocycles. The van der Waals surface area contributed by atoms with E-state index >= 15 is 0 Å². The highest BCUT2D eigenvalue weighted by atomic mass is 35.5. The molecule has 0 aliphatic carbocycles. The Kier molecular flexibility index (Phi) is 6.42. The predicted molar refractivity (Wildman–Crippen MR) is 98.1 cm³/mol. The summed E-state index contributed by atoms with van der Waals surface area (Å²) >= 11 is 5.79. The minimum atomic E-state index is -0.326. The van der Waals surface area contributed by atoms with E-state index in [-0.39, 0.29) is 24.4 Å². The predicted octanol–water partition coefficient (Wildman–Crippen LogP) is 3.26. The van der Waals surface area contributed by atoms with E-state index in [1.165, 1.54) is 0 Å². The van der Waals surface area contributed by atoms with Crippen LogP contribution in [0.5, 0.6) is 5.75 Å². The fraction of sp³-hybridized carbons (Fsp3) is 0.263. The molecule has 2 amide bonds. The molecule has 0 aliphatic rings. The number of carbonyl (C=O) groups is 2. The van der Waals surface area contributed by atoms with Crippen LogP contribution in [0.1, 0.15) is 34.5 Å². The van der Waals surface area contributed by atoms with Crippen molar-refractivity contribution in [1.82, 2.24) is 10.6 Å². The molecule has 0 heterocycles. The van der Waals surface area contributed by atoms with Crippen LogP contribution in [0.3, 0.4) is 0 Å². The number of nitrogens with one attached hydrogen (secondary N) is 2. The van der Waals surface area contributed by atoms with Gasteiger partial charge in [0.05, 0.1) is 19.7 Å². The monoisotopic (exact) mass is 360 g/mol. The van der Waals surface area contributed by atoms with Gasteiger partial charge in [-0.25, -0.2) is 0 Å².